The van der Waals surface area contributed by atoms with Crippen molar-refractivity contribution in [2.24, 2.45) is 11.8 Å². The number of piperazine rings is 1. The average molecular weight is 526 g/mol. The Morgan fingerprint density at radius 3 is 2.41 bits per heavy atom. The monoisotopic (exact) mass is 525 g/mol. The highest BCUT2D eigenvalue weighted by Gasteiger charge is 2.29. The predicted molar refractivity (Wildman–Crippen MR) is 143 cm³/mol. The maximum atomic E-state index is 14.2. The molecule has 2 aliphatic rings. The van der Waals surface area contributed by atoms with Crippen molar-refractivity contribution >= 4 is 39.1 Å². The SMILES string of the molecule is Cc1c(C(=O)N2CCN(c3ccccc3F)CC2)sc2ncn(CC(=O)N3CC(C)CC(C)C3)c(=O)c12. The lowest BCUT2D eigenvalue weighted by Gasteiger charge is -2.36. The molecule has 2 amide bonds. The number of halogens is 1. The van der Waals surface area contributed by atoms with Gasteiger partial charge in [-0.1, -0.05) is 26.0 Å². The van der Waals surface area contributed by atoms with Crippen LogP contribution in [0, 0.1) is 24.6 Å². The fraction of sp³-hybridized carbons (Fsp3) is 0.481. The molecule has 0 radical (unpaired) electrons. The van der Waals surface area contributed by atoms with Gasteiger partial charge in [0.05, 0.1) is 22.3 Å². The number of fused-ring (bicyclic) bond motifs is 1. The van der Waals surface area contributed by atoms with Gasteiger partial charge in [-0.15, -0.1) is 11.3 Å². The molecule has 2 atom stereocenters. The van der Waals surface area contributed by atoms with Crippen molar-refractivity contribution < 1.29 is 14.0 Å². The van der Waals surface area contributed by atoms with Crippen LogP contribution in [-0.4, -0.2) is 70.4 Å². The average Bonchev–Trinajstić information content (AvgIpc) is 3.22. The number of hydrogen-bond acceptors (Lipinski definition) is 6. The topological polar surface area (TPSA) is 78.8 Å². The van der Waals surface area contributed by atoms with Gasteiger partial charge in [0.1, 0.15) is 17.2 Å². The Morgan fingerprint density at radius 2 is 1.73 bits per heavy atom. The van der Waals surface area contributed by atoms with Gasteiger partial charge >= 0.3 is 0 Å². The minimum Gasteiger partial charge on any atom is -0.366 e. The Hall–Kier alpha value is -3.27. The largest absolute Gasteiger partial charge is 0.366 e. The minimum absolute atomic E-state index is 0.0578. The number of thiophene rings is 1. The van der Waals surface area contributed by atoms with Gasteiger partial charge in [-0.05, 0) is 42.9 Å². The molecule has 0 N–H and O–H groups in total. The van der Waals surface area contributed by atoms with Gasteiger partial charge in [-0.25, -0.2) is 9.37 Å². The maximum absolute atomic E-state index is 14.2. The molecule has 8 nitrogen and oxygen atoms in total. The Balaban J connectivity index is 1.32. The van der Waals surface area contributed by atoms with Crippen molar-refractivity contribution in [3.63, 3.8) is 0 Å². The van der Waals surface area contributed by atoms with Crippen LogP contribution < -0.4 is 10.5 Å². The summed E-state index contributed by atoms with van der Waals surface area (Å²) in [6, 6.07) is 6.65. The van der Waals surface area contributed by atoms with E-state index in [1.165, 1.54) is 28.3 Å². The van der Waals surface area contributed by atoms with Crippen LogP contribution in [0.3, 0.4) is 0 Å². The number of amides is 2. The standard InChI is InChI=1S/C27H32FN5O3S/c1-17-12-18(2)14-32(13-17)22(34)15-33-16-29-25-23(26(33)35)19(3)24(37-25)27(36)31-10-8-30(9-11-31)21-7-5-4-6-20(21)28/h4-7,16-18H,8-15H2,1-3H3. The van der Waals surface area contributed by atoms with Gasteiger partial charge in [0.15, 0.2) is 0 Å². The number of aromatic nitrogens is 2. The van der Waals surface area contributed by atoms with Crippen molar-refractivity contribution in [3.05, 3.63) is 57.2 Å². The molecule has 5 rings (SSSR count). The molecule has 37 heavy (non-hydrogen) atoms. The molecule has 10 heteroatoms. The fourth-order valence-electron chi connectivity index (χ4n) is 5.59. The number of benzene rings is 1. The summed E-state index contributed by atoms with van der Waals surface area (Å²) in [5, 5.41) is 0.397. The number of anilines is 1. The van der Waals surface area contributed by atoms with Crippen molar-refractivity contribution in [1.29, 1.82) is 0 Å². The Kier molecular flexibility index (Phi) is 7.02. The third kappa shape index (κ3) is 4.99. The smallest absolute Gasteiger partial charge is 0.264 e. The van der Waals surface area contributed by atoms with Crippen LogP contribution in [0.4, 0.5) is 10.1 Å². The lowest BCUT2D eigenvalue weighted by Crippen LogP contribution is -2.49. The first kappa shape index (κ1) is 25.4. The molecule has 2 aromatic heterocycles. The van der Waals surface area contributed by atoms with E-state index >= 15 is 0 Å². The van der Waals surface area contributed by atoms with Crippen LogP contribution in [0.25, 0.3) is 10.2 Å². The number of carbonyl (C=O) groups is 2. The second-order valence-corrected chi connectivity index (χ2v) is 11.4. The van der Waals surface area contributed by atoms with Crippen LogP contribution in [0.1, 0.15) is 35.5 Å². The molecule has 0 saturated carbocycles. The summed E-state index contributed by atoms with van der Waals surface area (Å²) >= 11 is 1.21. The summed E-state index contributed by atoms with van der Waals surface area (Å²) in [5.74, 6) is 0.371. The molecule has 2 aliphatic heterocycles. The second kappa shape index (κ2) is 10.2. The van der Waals surface area contributed by atoms with E-state index in [0.717, 1.165) is 6.42 Å². The van der Waals surface area contributed by atoms with Gasteiger partial charge < -0.3 is 14.7 Å². The molecular formula is C27H32FN5O3S. The molecule has 1 aromatic carbocycles. The summed E-state index contributed by atoms with van der Waals surface area (Å²) < 4.78 is 15.5. The van der Waals surface area contributed by atoms with Gasteiger partial charge in [0.25, 0.3) is 11.5 Å². The molecule has 2 unspecified atom stereocenters. The number of rotatable bonds is 4. The number of para-hydroxylation sites is 1. The molecule has 0 aliphatic carbocycles. The van der Waals surface area contributed by atoms with Crippen LogP contribution >= 0.6 is 11.3 Å². The Bertz CT molecular complexity index is 1380. The van der Waals surface area contributed by atoms with Crippen LogP contribution in [-0.2, 0) is 11.3 Å². The molecular weight excluding hydrogens is 493 g/mol. The van der Waals surface area contributed by atoms with E-state index in [1.54, 1.807) is 30.0 Å². The zero-order valence-corrected chi connectivity index (χ0v) is 22.3. The number of nitrogens with zero attached hydrogens (tertiary/aromatic N) is 5. The zero-order chi connectivity index (χ0) is 26.3. The van der Waals surface area contributed by atoms with E-state index in [4.69, 9.17) is 0 Å². The third-order valence-corrected chi connectivity index (χ3v) is 8.59. The summed E-state index contributed by atoms with van der Waals surface area (Å²) in [6.45, 7) is 9.37. The lowest BCUT2D eigenvalue weighted by atomic mass is 9.92. The van der Waals surface area contributed by atoms with Crippen LogP contribution in [0.5, 0.6) is 0 Å². The number of aryl methyl sites for hydroxylation is 1. The lowest BCUT2D eigenvalue weighted by molar-refractivity contribution is -0.134. The number of piperidine rings is 1. The van der Waals surface area contributed by atoms with Gasteiger partial charge in [-0.3, -0.25) is 19.0 Å². The molecule has 2 fully saturated rings. The normalized spacial score (nSPS) is 20.5. The predicted octanol–water partition coefficient (Wildman–Crippen LogP) is 3.37. The molecule has 3 aromatic rings. The molecule has 196 valence electrons. The maximum Gasteiger partial charge on any atom is 0.264 e. The molecule has 0 bridgehead atoms. The van der Waals surface area contributed by atoms with E-state index in [-0.39, 0.29) is 29.7 Å². The van der Waals surface area contributed by atoms with Gasteiger partial charge in [-0.2, -0.15) is 0 Å². The first-order chi connectivity index (χ1) is 17.7. The van der Waals surface area contributed by atoms with E-state index < -0.39 is 0 Å². The first-order valence-electron chi connectivity index (χ1n) is 12.8. The Morgan fingerprint density at radius 1 is 1.05 bits per heavy atom. The number of likely N-dealkylation sites (tertiary alicyclic amines) is 1. The van der Waals surface area contributed by atoms with Crippen molar-refractivity contribution in [3.8, 4) is 0 Å². The second-order valence-electron chi connectivity index (χ2n) is 10.4. The molecule has 2 saturated heterocycles. The highest BCUT2D eigenvalue weighted by atomic mass is 32.1. The minimum atomic E-state index is -0.298. The van der Waals surface area contributed by atoms with Gasteiger partial charge in [0.2, 0.25) is 5.91 Å². The molecule has 0 spiro atoms. The van der Waals surface area contributed by atoms with Gasteiger partial charge in [0, 0.05) is 39.3 Å². The van der Waals surface area contributed by atoms with Crippen molar-refractivity contribution in [2.45, 2.75) is 33.7 Å². The van der Waals surface area contributed by atoms with Crippen molar-refractivity contribution in [1.82, 2.24) is 19.4 Å². The van der Waals surface area contributed by atoms with Crippen LogP contribution in [0.2, 0.25) is 0 Å². The van der Waals surface area contributed by atoms with E-state index in [2.05, 4.69) is 18.8 Å². The Labute approximate surface area is 219 Å². The summed E-state index contributed by atoms with van der Waals surface area (Å²) in [6.07, 6.45) is 2.51. The van der Waals surface area contributed by atoms with Crippen LogP contribution in [0.15, 0.2) is 35.4 Å². The molecule has 4 heterocycles. The summed E-state index contributed by atoms with van der Waals surface area (Å²) in [4.78, 5) is 50.6. The summed E-state index contributed by atoms with van der Waals surface area (Å²) in [7, 11) is 0. The van der Waals surface area contributed by atoms with E-state index in [1.807, 2.05) is 9.80 Å². The summed E-state index contributed by atoms with van der Waals surface area (Å²) in [5.41, 5.74) is 0.843. The fourth-order valence-corrected chi connectivity index (χ4v) is 6.70. The first-order valence-corrected chi connectivity index (χ1v) is 13.6. The number of hydrogen-bond donors (Lipinski definition) is 0. The van der Waals surface area contributed by atoms with E-state index in [9.17, 15) is 18.8 Å². The number of carbonyl (C=O) groups excluding carboxylic acids is 2. The highest BCUT2D eigenvalue weighted by Crippen LogP contribution is 2.29. The van der Waals surface area contributed by atoms with Crippen molar-refractivity contribution in [2.75, 3.05) is 44.2 Å². The quantitative estimate of drug-likeness (QED) is 0.522. The van der Waals surface area contributed by atoms with E-state index in [0.29, 0.717) is 77.4 Å². The third-order valence-electron chi connectivity index (χ3n) is 7.40. The highest BCUT2D eigenvalue weighted by molar-refractivity contribution is 7.20. The zero-order valence-electron chi connectivity index (χ0n) is 21.4.